The Bertz CT molecular complexity index is 502. The van der Waals surface area contributed by atoms with Crippen LogP contribution in [0, 0.1) is 0 Å². The molecule has 8 heteroatoms. The number of aromatic nitrogens is 6. The lowest BCUT2D eigenvalue weighted by molar-refractivity contribution is -0.137. The third-order valence-corrected chi connectivity index (χ3v) is 2.01. The van der Waals surface area contributed by atoms with Gasteiger partial charge in [0, 0.05) is 13.2 Å². The summed E-state index contributed by atoms with van der Waals surface area (Å²) in [6.07, 6.45) is 1.75. The van der Waals surface area contributed by atoms with Crippen molar-refractivity contribution >= 4 is 5.97 Å². The maximum atomic E-state index is 10.4. The molecule has 0 saturated carbocycles. The molecule has 2 rings (SSSR count). The molecule has 0 radical (unpaired) electrons. The Kier molecular flexibility index (Phi) is 2.63. The largest absolute Gasteiger partial charge is 0.481 e. The van der Waals surface area contributed by atoms with Gasteiger partial charge in [0.05, 0.1) is 13.0 Å². The fourth-order valence-corrected chi connectivity index (χ4v) is 1.27. The average molecular weight is 222 g/mol. The van der Waals surface area contributed by atoms with E-state index in [0.29, 0.717) is 11.5 Å². The highest BCUT2D eigenvalue weighted by atomic mass is 16.4. The molecule has 0 aliphatic heterocycles. The predicted molar refractivity (Wildman–Crippen MR) is 52.3 cm³/mol. The Morgan fingerprint density at radius 2 is 2.38 bits per heavy atom. The molecular weight excluding hydrogens is 212 g/mol. The summed E-state index contributed by atoms with van der Waals surface area (Å²) < 4.78 is 3.06. The van der Waals surface area contributed by atoms with Crippen LogP contribution in [-0.4, -0.2) is 41.1 Å². The molecule has 0 bridgehead atoms. The van der Waals surface area contributed by atoms with E-state index < -0.39 is 5.97 Å². The summed E-state index contributed by atoms with van der Waals surface area (Å²) in [5.41, 5.74) is 0.623. The lowest BCUT2D eigenvalue weighted by atomic mass is 10.4. The van der Waals surface area contributed by atoms with Crippen molar-refractivity contribution in [1.29, 1.82) is 0 Å². The van der Waals surface area contributed by atoms with Crippen LogP contribution in [0.4, 0.5) is 0 Å². The normalized spacial score (nSPS) is 10.6. The first-order valence-electron chi connectivity index (χ1n) is 4.65. The molecule has 0 amide bonds. The van der Waals surface area contributed by atoms with Gasteiger partial charge in [-0.3, -0.25) is 9.48 Å². The Labute approximate surface area is 90.5 Å². The number of hydrogen-bond acceptors (Lipinski definition) is 5. The van der Waals surface area contributed by atoms with E-state index in [1.807, 2.05) is 0 Å². The molecule has 2 aromatic rings. The van der Waals surface area contributed by atoms with Crippen LogP contribution >= 0.6 is 0 Å². The van der Waals surface area contributed by atoms with Gasteiger partial charge in [-0.15, -0.1) is 5.10 Å². The van der Waals surface area contributed by atoms with Gasteiger partial charge in [-0.2, -0.15) is 5.10 Å². The van der Waals surface area contributed by atoms with Crippen molar-refractivity contribution in [3.8, 4) is 11.5 Å². The number of aliphatic carboxylic acids is 1. The molecule has 0 aromatic carbocycles. The third-order valence-electron chi connectivity index (χ3n) is 2.01. The van der Waals surface area contributed by atoms with Crippen LogP contribution in [0.25, 0.3) is 11.5 Å². The van der Waals surface area contributed by atoms with E-state index in [-0.39, 0.29) is 13.0 Å². The molecule has 0 saturated heterocycles. The third kappa shape index (κ3) is 2.05. The molecule has 8 nitrogen and oxygen atoms in total. The highest BCUT2D eigenvalue weighted by Gasteiger charge is 2.12. The summed E-state index contributed by atoms with van der Waals surface area (Å²) in [5.74, 6) is -0.413. The fourth-order valence-electron chi connectivity index (χ4n) is 1.27. The Morgan fingerprint density at radius 1 is 1.56 bits per heavy atom. The average Bonchev–Trinajstić information content (AvgIpc) is 2.82. The van der Waals surface area contributed by atoms with Gasteiger partial charge in [0.2, 0.25) is 5.82 Å². The highest BCUT2D eigenvalue weighted by molar-refractivity contribution is 5.66. The minimum Gasteiger partial charge on any atom is -0.481 e. The lowest BCUT2D eigenvalue weighted by Crippen LogP contribution is -2.08. The van der Waals surface area contributed by atoms with Crippen molar-refractivity contribution in [2.24, 2.45) is 7.05 Å². The summed E-state index contributed by atoms with van der Waals surface area (Å²) >= 11 is 0. The molecule has 0 atom stereocenters. The molecular formula is C8H10N6O2. The molecule has 0 unspecified atom stereocenters. The quantitative estimate of drug-likeness (QED) is 0.752. The van der Waals surface area contributed by atoms with Crippen molar-refractivity contribution in [2.75, 3.05) is 0 Å². The number of nitrogens with zero attached hydrogens (tertiary/aromatic N) is 6. The first-order valence-corrected chi connectivity index (χ1v) is 4.65. The first kappa shape index (κ1) is 10.3. The minimum atomic E-state index is -0.887. The van der Waals surface area contributed by atoms with Crippen LogP contribution < -0.4 is 0 Å². The zero-order chi connectivity index (χ0) is 11.5. The van der Waals surface area contributed by atoms with Crippen molar-refractivity contribution in [2.45, 2.75) is 13.0 Å². The molecule has 0 aliphatic rings. The van der Waals surface area contributed by atoms with Crippen molar-refractivity contribution in [3.05, 3.63) is 12.3 Å². The van der Waals surface area contributed by atoms with E-state index in [1.165, 1.54) is 4.68 Å². The van der Waals surface area contributed by atoms with Crippen LogP contribution in [0.15, 0.2) is 12.3 Å². The van der Waals surface area contributed by atoms with Crippen LogP contribution in [0.1, 0.15) is 6.42 Å². The fraction of sp³-hybridized carbons (Fsp3) is 0.375. The molecule has 16 heavy (non-hydrogen) atoms. The van der Waals surface area contributed by atoms with Gasteiger partial charge in [-0.1, -0.05) is 0 Å². The Hall–Kier alpha value is -2.25. The number of aryl methyl sites for hydroxylation is 2. The van der Waals surface area contributed by atoms with Crippen LogP contribution in [0.3, 0.4) is 0 Å². The number of carboxylic acid groups (broad SMARTS) is 1. The van der Waals surface area contributed by atoms with Crippen LogP contribution in [-0.2, 0) is 18.4 Å². The van der Waals surface area contributed by atoms with Gasteiger partial charge >= 0.3 is 5.97 Å². The second-order valence-electron chi connectivity index (χ2n) is 3.24. The van der Waals surface area contributed by atoms with E-state index >= 15 is 0 Å². The zero-order valence-corrected chi connectivity index (χ0v) is 8.61. The monoisotopic (exact) mass is 222 g/mol. The number of carbonyl (C=O) groups is 1. The summed E-state index contributed by atoms with van der Waals surface area (Å²) in [4.78, 5) is 10.4. The molecule has 0 fully saturated rings. The van der Waals surface area contributed by atoms with E-state index in [9.17, 15) is 4.79 Å². The summed E-state index contributed by atoms with van der Waals surface area (Å²) in [5, 5.41) is 23.8. The SMILES string of the molecule is Cn1ccc(-c2nnnn2CCC(=O)O)n1. The van der Waals surface area contributed by atoms with E-state index in [4.69, 9.17) is 5.11 Å². The molecule has 2 aromatic heterocycles. The second kappa shape index (κ2) is 4.09. The first-order chi connectivity index (χ1) is 7.66. The maximum Gasteiger partial charge on any atom is 0.305 e. The van der Waals surface area contributed by atoms with E-state index in [0.717, 1.165) is 0 Å². The van der Waals surface area contributed by atoms with Gasteiger partial charge in [0.1, 0.15) is 5.69 Å². The maximum absolute atomic E-state index is 10.4. The van der Waals surface area contributed by atoms with Crippen molar-refractivity contribution < 1.29 is 9.90 Å². The number of hydrogen-bond donors (Lipinski definition) is 1. The smallest absolute Gasteiger partial charge is 0.305 e. The molecule has 2 heterocycles. The lowest BCUT2D eigenvalue weighted by Gasteiger charge is -1.99. The van der Waals surface area contributed by atoms with Gasteiger partial charge in [-0.25, -0.2) is 4.68 Å². The molecule has 0 aliphatic carbocycles. The minimum absolute atomic E-state index is 0.0229. The zero-order valence-electron chi connectivity index (χ0n) is 8.61. The standard InChI is InChI=1S/C8H10N6O2/c1-13-4-2-6(10-13)8-9-11-12-14(8)5-3-7(15)16/h2,4H,3,5H2,1H3,(H,15,16). The Morgan fingerprint density at radius 3 is 3.00 bits per heavy atom. The Balaban J connectivity index is 2.22. The van der Waals surface area contributed by atoms with Crippen LogP contribution in [0.5, 0.6) is 0 Å². The summed E-state index contributed by atoms with van der Waals surface area (Å²) in [6.45, 7) is 0.230. The highest BCUT2D eigenvalue weighted by Crippen LogP contribution is 2.12. The van der Waals surface area contributed by atoms with Crippen LogP contribution in [0.2, 0.25) is 0 Å². The number of rotatable bonds is 4. The van der Waals surface area contributed by atoms with Gasteiger partial charge < -0.3 is 5.11 Å². The second-order valence-corrected chi connectivity index (χ2v) is 3.24. The summed E-state index contributed by atoms with van der Waals surface area (Å²) in [7, 11) is 1.79. The van der Waals surface area contributed by atoms with Crippen molar-refractivity contribution in [1.82, 2.24) is 30.0 Å². The van der Waals surface area contributed by atoms with E-state index in [2.05, 4.69) is 20.6 Å². The predicted octanol–water partition coefficient (Wildman–Crippen LogP) is -0.452. The van der Waals surface area contributed by atoms with Crippen molar-refractivity contribution in [3.63, 3.8) is 0 Å². The molecule has 1 N–H and O–H groups in total. The molecule has 84 valence electrons. The van der Waals surface area contributed by atoms with Gasteiger partial charge in [-0.05, 0) is 16.5 Å². The summed E-state index contributed by atoms with van der Waals surface area (Å²) in [6, 6.07) is 1.77. The number of tetrazole rings is 1. The van der Waals surface area contributed by atoms with Gasteiger partial charge in [0.15, 0.2) is 0 Å². The number of carboxylic acids is 1. The van der Waals surface area contributed by atoms with Gasteiger partial charge in [0.25, 0.3) is 0 Å². The molecule has 0 spiro atoms. The topological polar surface area (TPSA) is 98.7 Å². The van der Waals surface area contributed by atoms with E-state index in [1.54, 1.807) is 24.0 Å².